The number of aromatic nitrogens is 1. The molecule has 1 aromatic rings. The lowest BCUT2D eigenvalue weighted by Crippen LogP contribution is -2.44. The van der Waals surface area contributed by atoms with Crippen LogP contribution in [0.15, 0.2) is 12.3 Å². The average Bonchev–Trinajstić information content (AvgIpc) is 2.42. The Morgan fingerprint density at radius 1 is 1.58 bits per heavy atom. The number of aliphatic hydroxyl groups is 1. The van der Waals surface area contributed by atoms with E-state index >= 15 is 0 Å². The summed E-state index contributed by atoms with van der Waals surface area (Å²) >= 11 is 5.86. The smallest absolute Gasteiger partial charge is 0.257 e. The monoisotopic (exact) mass is 286 g/mol. The normalized spacial score (nSPS) is 19.5. The molecule has 0 saturated carbocycles. The first kappa shape index (κ1) is 14.2. The van der Waals surface area contributed by atoms with Gasteiger partial charge in [0.15, 0.2) is 0 Å². The third-order valence-corrected chi connectivity index (χ3v) is 3.69. The van der Waals surface area contributed by atoms with E-state index in [1.807, 2.05) is 0 Å². The van der Waals surface area contributed by atoms with Crippen LogP contribution in [0.4, 0.5) is 4.39 Å². The van der Waals surface area contributed by atoms with E-state index in [4.69, 9.17) is 16.7 Å². The van der Waals surface area contributed by atoms with Crippen LogP contribution in [0.2, 0.25) is 5.15 Å². The first-order valence-corrected chi connectivity index (χ1v) is 6.74. The molecule has 1 aliphatic heterocycles. The van der Waals surface area contributed by atoms with Crippen molar-refractivity contribution < 1.29 is 14.3 Å². The average molecular weight is 287 g/mol. The number of nitrogens with zero attached hydrogens (tertiary/aromatic N) is 2. The van der Waals surface area contributed by atoms with E-state index in [-0.39, 0.29) is 29.3 Å². The Kier molecular flexibility index (Phi) is 4.71. The molecular weight excluding hydrogens is 271 g/mol. The van der Waals surface area contributed by atoms with Gasteiger partial charge in [-0.1, -0.05) is 11.6 Å². The van der Waals surface area contributed by atoms with Gasteiger partial charge in [0.2, 0.25) is 0 Å². The summed E-state index contributed by atoms with van der Waals surface area (Å²) in [7, 11) is 0. The van der Waals surface area contributed by atoms with Crippen LogP contribution in [0.25, 0.3) is 0 Å². The van der Waals surface area contributed by atoms with Crippen molar-refractivity contribution in [2.24, 2.45) is 0 Å². The molecule has 2 heterocycles. The number of hydrogen-bond acceptors (Lipinski definition) is 3. The summed E-state index contributed by atoms with van der Waals surface area (Å²) in [6.45, 7) is 0.639. The van der Waals surface area contributed by atoms with Gasteiger partial charge in [0.25, 0.3) is 5.91 Å². The zero-order chi connectivity index (χ0) is 13.8. The molecule has 1 unspecified atom stereocenters. The number of carbonyl (C=O) groups excluding carboxylic acids is 1. The Morgan fingerprint density at radius 3 is 3.11 bits per heavy atom. The van der Waals surface area contributed by atoms with Crippen molar-refractivity contribution in [3.8, 4) is 0 Å². The maximum Gasteiger partial charge on any atom is 0.257 e. The molecule has 6 heteroatoms. The molecule has 0 aliphatic carbocycles. The minimum absolute atomic E-state index is 0.00872. The second-order valence-electron chi connectivity index (χ2n) is 4.65. The Balaban J connectivity index is 2.23. The van der Waals surface area contributed by atoms with Crippen LogP contribution < -0.4 is 0 Å². The second kappa shape index (κ2) is 6.30. The number of halogens is 2. The van der Waals surface area contributed by atoms with Gasteiger partial charge in [0, 0.05) is 19.2 Å². The van der Waals surface area contributed by atoms with Crippen LogP contribution in [0.3, 0.4) is 0 Å². The topological polar surface area (TPSA) is 53.4 Å². The van der Waals surface area contributed by atoms with Crippen molar-refractivity contribution in [2.45, 2.75) is 31.7 Å². The van der Waals surface area contributed by atoms with Gasteiger partial charge in [-0.25, -0.2) is 9.37 Å². The summed E-state index contributed by atoms with van der Waals surface area (Å²) in [4.78, 5) is 17.7. The fourth-order valence-electron chi connectivity index (χ4n) is 2.44. The summed E-state index contributed by atoms with van der Waals surface area (Å²) in [5.41, 5.74) is 0.0894. The van der Waals surface area contributed by atoms with Gasteiger partial charge in [-0.2, -0.15) is 0 Å². The number of likely N-dealkylation sites (tertiary alicyclic amines) is 1. The van der Waals surface area contributed by atoms with E-state index in [1.165, 1.54) is 0 Å². The predicted molar refractivity (Wildman–Crippen MR) is 69.6 cm³/mol. The van der Waals surface area contributed by atoms with Crippen molar-refractivity contribution in [2.75, 3.05) is 13.2 Å². The highest BCUT2D eigenvalue weighted by atomic mass is 35.5. The van der Waals surface area contributed by atoms with Crippen LogP contribution in [0.5, 0.6) is 0 Å². The van der Waals surface area contributed by atoms with E-state index < -0.39 is 5.82 Å². The SMILES string of the molecule is O=C(c1cc(F)cnc1Cl)N1CCCCC1CCO. The number of hydrogen-bond donors (Lipinski definition) is 1. The van der Waals surface area contributed by atoms with Crippen LogP contribution in [-0.2, 0) is 0 Å². The number of aliphatic hydroxyl groups excluding tert-OH is 1. The molecule has 1 fully saturated rings. The number of carbonyl (C=O) groups is 1. The number of piperidine rings is 1. The third kappa shape index (κ3) is 3.22. The summed E-state index contributed by atoms with van der Waals surface area (Å²) in [5, 5.41) is 9.06. The van der Waals surface area contributed by atoms with Crippen molar-refractivity contribution in [3.63, 3.8) is 0 Å². The summed E-state index contributed by atoms with van der Waals surface area (Å²) < 4.78 is 13.2. The molecule has 1 atom stereocenters. The van der Waals surface area contributed by atoms with E-state index in [2.05, 4.69) is 4.98 Å². The van der Waals surface area contributed by atoms with Gasteiger partial charge < -0.3 is 10.0 Å². The Hall–Kier alpha value is -1.20. The highest BCUT2D eigenvalue weighted by molar-refractivity contribution is 6.32. The quantitative estimate of drug-likeness (QED) is 0.867. The van der Waals surface area contributed by atoms with Gasteiger partial charge in [-0.05, 0) is 31.7 Å². The standard InChI is InChI=1S/C13H16ClFN2O2/c14-12-11(7-9(15)8-16-12)13(19)17-5-2-1-3-10(17)4-6-18/h7-8,10,18H,1-6H2. The molecule has 4 nitrogen and oxygen atoms in total. The zero-order valence-corrected chi connectivity index (χ0v) is 11.2. The number of rotatable bonds is 3. The lowest BCUT2D eigenvalue weighted by atomic mass is 9.98. The molecule has 104 valence electrons. The number of amides is 1. The maximum absolute atomic E-state index is 13.2. The first-order chi connectivity index (χ1) is 9.13. The fraction of sp³-hybridized carbons (Fsp3) is 0.538. The van der Waals surface area contributed by atoms with Crippen molar-refractivity contribution in [1.82, 2.24) is 9.88 Å². The minimum atomic E-state index is -0.580. The Bertz CT molecular complexity index is 468. The predicted octanol–water partition coefficient (Wildman–Crippen LogP) is 2.25. The molecule has 1 amide bonds. The molecular formula is C13H16ClFN2O2. The highest BCUT2D eigenvalue weighted by Gasteiger charge is 2.28. The largest absolute Gasteiger partial charge is 0.396 e. The van der Waals surface area contributed by atoms with Crippen molar-refractivity contribution >= 4 is 17.5 Å². The molecule has 1 N–H and O–H groups in total. The van der Waals surface area contributed by atoms with Crippen molar-refractivity contribution in [1.29, 1.82) is 0 Å². The molecule has 0 bridgehead atoms. The zero-order valence-electron chi connectivity index (χ0n) is 10.5. The van der Waals surface area contributed by atoms with Gasteiger partial charge in [-0.15, -0.1) is 0 Å². The highest BCUT2D eigenvalue weighted by Crippen LogP contribution is 2.24. The molecule has 2 rings (SSSR count). The summed E-state index contributed by atoms with van der Waals surface area (Å²) in [5.74, 6) is -0.890. The minimum Gasteiger partial charge on any atom is -0.396 e. The summed E-state index contributed by atoms with van der Waals surface area (Å²) in [6.07, 6.45) is 4.32. The third-order valence-electron chi connectivity index (χ3n) is 3.39. The molecule has 0 spiro atoms. The fourth-order valence-corrected chi connectivity index (χ4v) is 2.63. The van der Waals surface area contributed by atoms with Gasteiger partial charge in [0.05, 0.1) is 11.8 Å². The molecule has 1 saturated heterocycles. The molecule has 1 aromatic heterocycles. The first-order valence-electron chi connectivity index (χ1n) is 6.36. The van der Waals surface area contributed by atoms with Crippen LogP contribution >= 0.6 is 11.6 Å². The molecule has 0 aromatic carbocycles. The molecule has 1 aliphatic rings. The Labute approximate surface area is 116 Å². The van der Waals surface area contributed by atoms with Crippen LogP contribution in [0.1, 0.15) is 36.0 Å². The lowest BCUT2D eigenvalue weighted by molar-refractivity contribution is 0.0574. The summed E-state index contributed by atoms with van der Waals surface area (Å²) in [6, 6.07) is 1.10. The lowest BCUT2D eigenvalue weighted by Gasteiger charge is -2.35. The molecule has 19 heavy (non-hydrogen) atoms. The van der Waals surface area contributed by atoms with E-state index in [0.29, 0.717) is 13.0 Å². The van der Waals surface area contributed by atoms with Crippen LogP contribution in [0, 0.1) is 5.82 Å². The van der Waals surface area contributed by atoms with Gasteiger partial charge in [-0.3, -0.25) is 4.79 Å². The molecule has 0 radical (unpaired) electrons. The van der Waals surface area contributed by atoms with Crippen LogP contribution in [-0.4, -0.2) is 40.1 Å². The maximum atomic E-state index is 13.2. The van der Waals surface area contributed by atoms with Crippen molar-refractivity contribution in [3.05, 3.63) is 28.8 Å². The van der Waals surface area contributed by atoms with E-state index in [1.54, 1.807) is 4.90 Å². The van der Waals surface area contributed by atoms with Gasteiger partial charge in [0.1, 0.15) is 11.0 Å². The van der Waals surface area contributed by atoms with E-state index in [9.17, 15) is 9.18 Å². The number of pyridine rings is 1. The second-order valence-corrected chi connectivity index (χ2v) is 5.01. The van der Waals surface area contributed by atoms with Gasteiger partial charge >= 0.3 is 0 Å². The Morgan fingerprint density at radius 2 is 2.37 bits per heavy atom. The van der Waals surface area contributed by atoms with E-state index in [0.717, 1.165) is 31.5 Å².